The summed E-state index contributed by atoms with van der Waals surface area (Å²) in [6, 6.07) is 13.6. The number of aryl methyl sites for hydroxylation is 1. The number of hydrogen-bond donors (Lipinski definition) is 3. The Kier molecular flexibility index (Phi) is 4.83. The summed E-state index contributed by atoms with van der Waals surface area (Å²) in [6.45, 7) is 0. The Hall–Kier alpha value is -3.41. The minimum Gasteiger partial charge on any atom is -0.356 e. The Balaban J connectivity index is 1.51. The van der Waals surface area contributed by atoms with Crippen LogP contribution in [-0.4, -0.2) is 21.7 Å². The fourth-order valence-electron chi connectivity index (χ4n) is 4.04. The monoisotopic (exact) mass is 400 g/mol. The number of hydrogen-bond acceptors (Lipinski definition) is 4. The Morgan fingerprint density at radius 2 is 1.97 bits per heavy atom. The maximum absolute atomic E-state index is 12.7. The molecule has 152 valence electrons. The molecule has 3 aromatic rings. The van der Waals surface area contributed by atoms with E-state index >= 15 is 0 Å². The van der Waals surface area contributed by atoms with E-state index in [-0.39, 0.29) is 11.7 Å². The number of carbonyl (C=O) groups is 2. The lowest BCUT2D eigenvalue weighted by atomic mass is 9.95. The van der Waals surface area contributed by atoms with Crippen molar-refractivity contribution >= 4 is 28.9 Å². The fraction of sp³-hybridized carbons (Fsp3) is 0.292. The molecule has 2 aromatic heterocycles. The predicted molar refractivity (Wildman–Crippen MR) is 117 cm³/mol. The van der Waals surface area contributed by atoms with Gasteiger partial charge in [0.25, 0.3) is 0 Å². The number of H-pyrrole nitrogens is 1. The first kappa shape index (κ1) is 18.6. The molecule has 3 N–H and O–H groups in total. The SMILES string of the molecule is O=C(CC1CC1)Nc1cc(-c2[nH]c3c(c2Nc2ccccc2)C(=O)CCC3)ccn1. The third-order valence-electron chi connectivity index (χ3n) is 5.72. The summed E-state index contributed by atoms with van der Waals surface area (Å²) in [5.74, 6) is 1.22. The number of pyridine rings is 1. The molecule has 0 spiro atoms. The number of aromatic amines is 1. The van der Waals surface area contributed by atoms with Crippen LogP contribution in [0.4, 0.5) is 17.2 Å². The van der Waals surface area contributed by atoms with E-state index in [1.54, 1.807) is 6.20 Å². The Bertz CT molecular complexity index is 1100. The number of fused-ring (bicyclic) bond motifs is 1. The van der Waals surface area contributed by atoms with E-state index < -0.39 is 0 Å². The van der Waals surface area contributed by atoms with Crippen molar-refractivity contribution in [3.05, 3.63) is 59.9 Å². The van der Waals surface area contributed by atoms with Crippen molar-refractivity contribution in [2.75, 3.05) is 10.6 Å². The number of para-hydroxylation sites is 1. The molecule has 6 nitrogen and oxygen atoms in total. The third-order valence-corrected chi connectivity index (χ3v) is 5.72. The number of benzene rings is 1. The first-order valence-corrected chi connectivity index (χ1v) is 10.5. The lowest BCUT2D eigenvalue weighted by Gasteiger charge is -2.14. The lowest BCUT2D eigenvalue weighted by Crippen LogP contribution is -2.13. The summed E-state index contributed by atoms with van der Waals surface area (Å²) in [5, 5.41) is 6.36. The van der Waals surface area contributed by atoms with Crippen LogP contribution in [0.25, 0.3) is 11.3 Å². The maximum Gasteiger partial charge on any atom is 0.225 e. The predicted octanol–water partition coefficient (Wildman–Crippen LogP) is 5.08. The van der Waals surface area contributed by atoms with Crippen LogP contribution in [0.1, 0.15) is 48.2 Å². The van der Waals surface area contributed by atoms with Crippen LogP contribution in [0.15, 0.2) is 48.7 Å². The number of amides is 1. The molecule has 0 aliphatic heterocycles. The molecule has 0 unspecified atom stereocenters. The molecule has 5 rings (SSSR count). The van der Waals surface area contributed by atoms with Gasteiger partial charge in [0.05, 0.1) is 16.9 Å². The largest absolute Gasteiger partial charge is 0.356 e. The zero-order valence-corrected chi connectivity index (χ0v) is 16.7. The van der Waals surface area contributed by atoms with Gasteiger partial charge in [-0.15, -0.1) is 0 Å². The molecule has 0 saturated heterocycles. The summed E-state index contributed by atoms with van der Waals surface area (Å²) in [4.78, 5) is 32.7. The van der Waals surface area contributed by atoms with Gasteiger partial charge in [0.2, 0.25) is 5.91 Å². The molecule has 1 amide bonds. The normalized spacial score (nSPS) is 15.5. The van der Waals surface area contributed by atoms with E-state index in [2.05, 4.69) is 20.6 Å². The third kappa shape index (κ3) is 3.85. The number of rotatable bonds is 6. The number of carbonyl (C=O) groups excluding carboxylic acids is 2. The van der Waals surface area contributed by atoms with Gasteiger partial charge in [-0.3, -0.25) is 9.59 Å². The van der Waals surface area contributed by atoms with Gasteiger partial charge in [-0.25, -0.2) is 4.98 Å². The van der Waals surface area contributed by atoms with Crippen molar-refractivity contribution in [2.24, 2.45) is 5.92 Å². The maximum atomic E-state index is 12.7. The first-order chi connectivity index (χ1) is 14.7. The molecule has 1 aromatic carbocycles. The van der Waals surface area contributed by atoms with Crippen molar-refractivity contribution in [1.29, 1.82) is 0 Å². The van der Waals surface area contributed by atoms with Gasteiger partial charge < -0.3 is 15.6 Å². The molecule has 2 aliphatic rings. The standard InChI is InChI=1S/C24H24N4O2/c29-19-8-4-7-18-22(19)24(26-17-5-2-1-3-6-17)23(27-18)16-11-12-25-20(14-16)28-21(30)13-15-9-10-15/h1-3,5-6,11-12,14-15,26-27H,4,7-10,13H2,(H,25,28,30). The number of anilines is 3. The smallest absolute Gasteiger partial charge is 0.225 e. The second-order valence-corrected chi connectivity index (χ2v) is 8.12. The fourth-order valence-corrected chi connectivity index (χ4v) is 4.04. The summed E-state index contributed by atoms with van der Waals surface area (Å²) in [7, 11) is 0. The number of Topliss-reactive ketones (excluding diaryl/α,β-unsaturated/α-hetero) is 1. The van der Waals surface area contributed by atoms with Crippen LogP contribution in [0, 0.1) is 5.92 Å². The number of nitrogens with zero attached hydrogens (tertiary/aromatic N) is 1. The van der Waals surface area contributed by atoms with Gasteiger partial charge in [-0.2, -0.15) is 0 Å². The van der Waals surface area contributed by atoms with Crippen molar-refractivity contribution in [3.8, 4) is 11.3 Å². The summed E-state index contributed by atoms with van der Waals surface area (Å²) in [5.41, 5.74) is 5.16. The molecule has 6 heteroatoms. The van der Waals surface area contributed by atoms with Crippen molar-refractivity contribution in [3.63, 3.8) is 0 Å². The molecule has 0 atom stereocenters. The van der Waals surface area contributed by atoms with Gasteiger partial charge >= 0.3 is 0 Å². The zero-order chi connectivity index (χ0) is 20.5. The van der Waals surface area contributed by atoms with E-state index in [0.29, 0.717) is 24.6 Å². The highest BCUT2D eigenvalue weighted by molar-refractivity contribution is 6.07. The molecule has 30 heavy (non-hydrogen) atoms. The van der Waals surface area contributed by atoms with Gasteiger partial charge in [0, 0.05) is 36.0 Å². The highest BCUT2D eigenvalue weighted by Crippen LogP contribution is 2.39. The van der Waals surface area contributed by atoms with Crippen molar-refractivity contribution in [1.82, 2.24) is 9.97 Å². The van der Waals surface area contributed by atoms with E-state index in [4.69, 9.17) is 0 Å². The molecule has 0 radical (unpaired) electrons. The van der Waals surface area contributed by atoms with E-state index in [1.165, 1.54) is 0 Å². The molecule has 0 bridgehead atoms. The molecular formula is C24H24N4O2. The second-order valence-electron chi connectivity index (χ2n) is 8.12. The Morgan fingerprint density at radius 1 is 1.13 bits per heavy atom. The molecule has 2 heterocycles. The highest BCUT2D eigenvalue weighted by Gasteiger charge is 2.27. The lowest BCUT2D eigenvalue weighted by molar-refractivity contribution is -0.116. The van der Waals surface area contributed by atoms with Crippen molar-refractivity contribution < 1.29 is 9.59 Å². The van der Waals surface area contributed by atoms with Gasteiger partial charge in [0.15, 0.2) is 5.78 Å². The van der Waals surface area contributed by atoms with Crippen molar-refractivity contribution in [2.45, 2.75) is 38.5 Å². The Labute approximate surface area is 175 Å². The van der Waals surface area contributed by atoms with Crippen LogP contribution in [-0.2, 0) is 11.2 Å². The summed E-state index contributed by atoms with van der Waals surface area (Å²) < 4.78 is 0. The van der Waals surface area contributed by atoms with E-state index in [9.17, 15) is 9.59 Å². The summed E-state index contributed by atoms with van der Waals surface area (Å²) >= 11 is 0. The average Bonchev–Trinajstić information content (AvgIpc) is 3.48. The Morgan fingerprint density at radius 3 is 2.77 bits per heavy atom. The summed E-state index contributed by atoms with van der Waals surface area (Å²) in [6.07, 6.45) is 6.78. The number of aromatic nitrogens is 2. The number of ketones is 1. The van der Waals surface area contributed by atoms with Crippen LogP contribution in [0.3, 0.4) is 0 Å². The van der Waals surface area contributed by atoms with E-state index in [0.717, 1.165) is 59.6 Å². The van der Waals surface area contributed by atoms with Gasteiger partial charge in [-0.05, 0) is 55.9 Å². The molecular weight excluding hydrogens is 376 g/mol. The number of nitrogens with one attached hydrogen (secondary N) is 3. The minimum absolute atomic E-state index is 0.00532. The zero-order valence-electron chi connectivity index (χ0n) is 16.7. The van der Waals surface area contributed by atoms with Crippen LogP contribution < -0.4 is 10.6 Å². The molecule has 2 aliphatic carbocycles. The van der Waals surface area contributed by atoms with Crippen LogP contribution in [0.5, 0.6) is 0 Å². The van der Waals surface area contributed by atoms with Crippen LogP contribution in [0.2, 0.25) is 0 Å². The molecule has 1 fully saturated rings. The average molecular weight is 400 g/mol. The van der Waals surface area contributed by atoms with Gasteiger partial charge in [-0.1, -0.05) is 18.2 Å². The topological polar surface area (TPSA) is 86.9 Å². The van der Waals surface area contributed by atoms with E-state index in [1.807, 2.05) is 42.5 Å². The van der Waals surface area contributed by atoms with Gasteiger partial charge in [0.1, 0.15) is 5.82 Å². The highest BCUT2D eigenvalue weighted by atomic mass is 16.1. The molecule has 1 saturated carbocycles. The second kappa shape index (κ2) is 7.78. The minimum atomic E-state index is 0.00532. The van der Waals surface area contributed by atoms with Crippen LogP contribution >= 0.6 is 0 Å². The first-order valence-electron chi connectivity index (χ1n) is 10.5. The quantitative estimate of drug-likeness (QED) is 0.539.